The predicted molar refractivity (Wildman–Crippen MR) is 115 cm³/mol. The van der Waals surface area contributed by atoms with E-state index in [0.29, 0.717) is 19.0 Å². The SMILES string of the molecule is Cc1sc2nc(NCCO)nc(NCc3ccccn3)c2c1-c1ccccc1. The van der Waals surface area contributed by atoms with Crippen molar-refractivity contribution in [3.8, 4) is 11.1 Å². The van der Waals surface area contributed by atoms with E-state index < -0.39 is 0 Å². The van der Waals surface area contributed by atoms with Crippen LogP contribution in [0.2, 0.25) is 0 Å². The maximum Gasteiger partial charge on any atom is 0.226 e. The minimum absolute atomic E-state index is 0.0246. The molecule has 0 unspecified atom stereocenters. The Kier molecular flexibility index (Phi) is 5.45. The largest absolute Gasteiger partial charge is 0.395 e. The summed E-state index contributed by atoms with van der Waals surface area (Å²) in [7, 11) is 0. The van der Waals surface area contributed by atoms with Crippen molar-refractivity contribution in [3.63, 3.8) is 0 Å². The summed E-state index contributed by atoms with van der Waals surface area (Å²) in [5.74, 6) is 1.27. The number of aliphatic hydroxyl groups excluding tert-OH is 1. The minimum atomic E-state index is 0.0246. The molecule has 0 bridgehead atoms. The lowest BCUT2D eigenvalue weighted by molar-refractivity contribution is 0.311. The summed E-state index contributed by atoms with van der Waals surface area (Å²) in [6.45, 7) is 3.10. The first kappa shape index (κ1) is 18.3. The van der Waals surface area contributed by atoms with Crippen molar-refractivity contribution in [1.29, 1.82) is 0 Å². The number of hydrogen-bond acceptors (Lipinski definition) is 7. The Morgan fingerprint density at radius 2 is 1.82 bits per heavy atom. The van der Waals surface area contributed by atoms with Gasteiger partial charge in [0.25, 0.3) is 0 Å². The summed E-state index contributed by atoms with van der Waals surface area (Å²) in [4.78, 5) is 15.8. The van der Waals surface area contributed by atoms with Crippen molar-refractivity contribution in [1.82, 2.24) is 15.0 Å². The Labute approximate surface area is 167 Å². The highest BCUT2D eigenvalue weighted by Crippen LogP contribution is 2.41. The molecule has 0 saturated heterocycles. The van der Waals surface area contributed by atoms with E-state index in [1.807, 2.05) is 36.4 Å². The van der Waals surface area contributed by atoms with Crippen LogP contribution in [0.15, 0.2) is 54.7 Å². The zero-order chi connectivity index (χ0) is 19.3. The average molecular weight is 392 g/mol. The van der Waals surface area contributed by atoms with Crippen LogP contribution in [0.3, 0.4) is 0 Å². The average Bonchev–Trinajstić information content (AvgIpc) is 3.07. The summed E-state index contributed by atoms with van der Waals surface area (Å²) in [5, 5.41) is 16.6. The van der Waals surface area contributed by atoms with Gasteiger partial charge in [0, 0.05) is 23.2 Å². The van der Waals surface area contributed by atoms with Gasteiger partial charge in [0.2, 0.25) is 5.95 Å². The third-order valence-corrected chi connectivity index (χ3v) is 5.35. The number of pyridine rings is 1. The molecule has 0 radical (unpaired) electrons. The molecule has 3 N–H and O–H groups in total. The lowest BCUT2D eigenvalue weighted by atomic mass is 10.0. The van der Waals surface area contributed by atoms with Crippen molar-refractivity contribution in [2.24, 2.45) is 0 Å². The second kappa shape index (κ2) is 8.33. The first-order valence-electron chi connectivity index (χ1n) is 9.11. The van der Waals surface area contributed by atoms with Gasteiger partial charge in [0.1, 0.15) is 10.6 Å². The van der Waals surface area contributed by atoms with Gasteiger partial charge in [-0.2, -0.15) is 4.98 Å². The lowest BCUT2D eigenvalue weighted by Gasteiger charge is -2.11. The molecule has 0 aliphatic carbocycles. The van der Waals surface area contributed by atoms with E-state index in [0.717, 1.165) is 32.9 Å². The molecule has 6 nitrogen and oxygen atoms in total. The fourth-order valence-electron chi connectivity index (χ4n) is 3.12. The Morgan fingerprint density at radius 1 is 1.00 bits per heavy atom. The van der Waals surface area contributed by atoms with Gasteiger partial charge in [-0.25, -0.2) is 4.98 Å². The Balaban J connectivity index is 1.81. The molecule has 4 rings (SSSR count). The fourth-order valence-corrected chi connectivity index (χ4v) is 4.16. The summed E-state index contributed by atoms with van der Waals surface area (Å²) < 4.78 is 0. The Hall–Kier alpha value is -3.03. The number of aryl methyl sites for hydroxylation is 1. The van der Waals surface area contributed by atoms with E-state index in [4.69, 9.17) is 5.11 Å². The Bertz CT molecular complexity index is 1070. The first-order valence-corrected chi connectivity index (χ1v) is 9.93. The first-order chi connectivity index (χ1) is 13.8. The van der Waals surface area contributed by atoms with Crippen LogP contribution in [0.25, 0.3) is 21.3 Å². The molecule has 0 fully saturated rings. The number of thiophene rings is 1. The second-order valence-electron chi connectivity index (χ2n) is 6.30. The van der Waals surface area contributed by atoms with Crippen molar-refractivity contribution >= 4 is 33.3 Å². The van der Waals surface area contributed by atoms with Crippen LogP contribution >= 0.6 is 11.3 Å². The smallest absolute Gasteiger partial charge is 0.226 e. The van der Waals surface area contributed by atoms with Crippen molar-refractivity contribution in [2.45, 2.75) is 13.5 Å². The van der Waals surface area contributed by atoms with Gasteiger partial charge >= 0.3 is 0 Å². The quantitative estimate of drug-likeness (QED) is 0.440. The summed E-state index contributed by atoms with van der Waals surface area (Å²) >= 11 is 1.65. The van der Waals surface area contributed by atoms with Crippen LogP contribution in [-0.2, 0) is 6.54 Å². The van der Waals surface area contributed by atoms with Gasteiger partial charge in [-0.05, 0) is 24.6 Å². The molecular weight excluding hydrogens is 370 g/mol. The van der Waals surface area contributed by atoms with Gasteiger partial charge in [-0.3, -0.25) is 4.98 Å². The van der Waals surface area contributed by atoms with Gasteiger partial charge in [-0.15, -0.1) is 11.3 Å². The lowest BCUT2D eigenvalue weighted by Crippen LogP contribution is -2.11. The summed E-state index contributed by atoms with van der Waals surface area (Å²) in [6.07, 6.45) is 1.78. The van der Waals surface area contributed by atoms with Crippen molar-refractivity contribution in [2.75, 3.05) is 23.8 Å². The fraction of sp³-hybridized carbons (Fsp3) is 0.190. The molecule has 7 heteroatoms. The van der Waals surface area contributed by atoms with Crippen molar-refractivity contribution in [3.05, 3.63) is 65.3 Å². The molecule has 3 heterocycles. The van der Waals surface area contributed by atoms with Gasteiger partial charge < -0.3 is 15.7 Å². The highest BCUT2D eigenvalue weighted by Gasteiger charge is 2.18. The second-order valence-corrected chi connectivity index (χ2v) is 7.50. The number of nitrogens with zero attached hydrogens (tertiary/aromatic N) is 3. The molecule has 4 aromatic rings. The van der Waals surface area contributed by atoms with Crippen molar-refractivity contribution < 1.29 is 5.11 Å². The van der Waals surface area contributed by atoms with E-state index in [-0.39, 0.29) is 6.61 Å². The van der Waals surface area contributed by atoms with Crippen LogP contribution in [-0.4, -0.2) is 33.2 Å². The number of hydrogen-bond donors (Lipinski definition) is 3. The molecule has 28 heavy (non-hydrogen) atoms. The zero-order valence-electron chi connectivity index (χ0n) is 15.5. The maximum atomic E-state index is 9.12. The third-order valence-electron chi connectivity index (χ3n) is 4.35. The van der Waals surface area contributed by atoms with E-state index in [2.05, 4.69) is 44.6 Å². The molecule has 142 valence electrons. The molecule has 0 spiro atoms. The number of nitrogens with one attached hydrogen (secondary N) is 2. The number of aliphatic hydroxyl groups is 1. The topological polar surface area (TPSA) is 83.0 Å². The van der Waals surface area contributed by atoms with Crippen LogP contribution in [0.5, 0.6) is 0 Å². The predicted octanol–water partition coefficient (Wildman–Crippen LogP) is 4.08. The molecule has 0 aliphatic rings. The molecule has 3 aromatic heterocycles. The van der Waals surface area contributed by atoms with E-state index in [1.165, 1.54) is 4.88 Å². The molecule has 0 aliphatic heterocycles. The van der Waals surface area contributed by atoms with Crippen LogP contribution in [0, 0.1) is 6.92 Å². The number of rotatable bonds is 7. The van der Waals surface area contributed by atoms with Crippen LogP contribution in [0.1, 0.15) is 10.6 Å². The van der Waals surface area contributed by atoms with E-state index in [1.54, 1.807) is 17.5 Å². The summed E-state index contributed by atoms with van der Waals surface area (Å²) in [5.41, 5.74) is 3.23. The Morgan fingerprint density at radius 3 is 2.57 bits per heavy atom. The number of fused-ring (bicyclic) bond motifs is 1. The number of anilines is 2. The van der Waals surface area contributed by atoms with Crippen LogP contribution in [0.4, 0.5) is 11.8 Å². The van der Waals surface area contributed by atoms with E-state index >= 15 is 0 Å². The highest BCUT2D eigenvalue weighted by molar-refractivity contribution is 7.19. The van der Waals surface area contributed by atoms with Gasteiger partial charge in [-0.1, -0.05) is 36.4 Å². The highest BCUT2D eigenvalue weighted by atomic mass is 32.1. The normalized spacial score (nSPS) is 10.9. The van der Waals surface area contributed by atoms with Gasteiger partial charge in [0.05, 0.1) is 24.2 Å². The summed E-state index contributed by atoms with van der Waals surface area (Å²) in [6, 6.07) is 16.2. The van der Waals surface area contributed by atoms with Crippen LogP contribution < -0.4 is 10.6 Å². The molecule has 1 aromatic carbocycles. The third kappa shape index (κ3) is 3.81. The molecule has 0 amide bonds. The van der Waals surface area contributed by atoms with Gasteiger partial charge in [0.15, 0.2) is 0 Å². The standard InChI is InChI=1S/C21H21N5OS/c1-14-17(15-7-3-2-4-8-15)18-19(24-13-16-9-5-6-10-22-16)25-21(23-11-12-27)26-20(18)28-14/h2-10,27H,11-13H2,1H3,(H2,23,24,25,26). The monoisotopic (exact) mass is 391 g/mol. The minimum Gasteiger partial charge on any atom is -0.395 e. The number of benzene rings is 1. The molecule has 0 atom stereocenters. The number of aromatic nitrogens is 3. The zero-order valence-corrected chi connectivity index (χ0v) is 16.3. The molecule has 0 saturated carbocycles. The maximum absolute atomic E-state index is 9.12. The molecular formula is C21H21N5OS. The van der Waals surface area contributed by atoms with E-state index in [9.17, 15) is 0 Å².